The van der Waals surface area contributed by atoms with Crippen molar-refractivity contribution in [3.8, 4) is 0 Å². The number of likely N-dealkylation sites (N-methyl/N-ethyl adjacent to an activating group) is 1. The Morgan fingerprint density at radius 1 is 0.971 bits per heavy atom. The van der Waals surface area contributed by atoms with Crippen LogP contribution in [-0.4, -0.2) is 68.7 Å². The van der Waals surface area contributed by atoms with Gasteiger partial charge in [0.15, 0.2) is 5.78 Å². The lowest BCUT2D eigenvalue weighted by Gasteiger charge is -2.38. The third kappa shape index (κ3) is 7.15. The summed E-state index contributed by atoms with van der Waals surface area (Å²) in [6.45, 7) is 11.7. The molecule has 1 atom stereocenters. The summed E-state index contributed by atoms with van der Waals surface area (Å²) >= 11 is 0. The fourth-order valence-corrected chi connectivity index (χ4v) is 4.27. The van der Waals surface area contributed by atoms with Gasteiger partial charge in [-0.3, -0.25) is 14.5 Å². The van der Waals surface area contributed by atoms with E-state index in [0.717, 1.165) is 37.6 Å². The van der Waals surface area contributed by atoms with E-state index in [9.17, 15) is 9.59 Å². The number of ketones is 1. The number of ether oxygens (including phenoxy) is 2. The maximum absolute atomic E-state index is 13.9. The molecule has 0 amide bonds. The summed E-state index contributed by atoms with van der Waals surface area (Å²) in [6.07, 6.45) is 1.25. The smallest absolute Gasteiger partial charge is 0.311 e. The van der Waals surface area contributed by atoms with Crippen molar-refractivity contribution in [3.63, 3.8) is 0 Å². The van der Waals surface area contributed by atoms with E-state index in [1.54, 1.807) is 0 Å². The Morgan fingerprint density at radius 3 is 2.20 bits per heavy atom. The maximum atomic E-state index is 13.9. The average molecular weight is 481 g/mol. The van der Waals surface area contributed by atoms with Crippen molar-refractivity contribution in [2.75, 3.05) is 51.4 Å². The van der Waals surface area contributed by atoms with Gasteiger partial charge in [0.2, 0.25) is 0 Å². The van der Waals surface area contributed by atoms with Crippen LogP contribution in [0.25, 0.3) is 0 Å². The van der Waals surface area contributed by atoms with E-state index in [1.807, 2.05) is 77.2 Å². The summed E-state index contributed by atoms with van der Waals surface area (Å²) in [6, 6.07) is 18.1. The number of benzene rings is 2. The molecule has 0 aromatic heterocycles. The molecule has 190 valence electrons. The van der Waals surface area contributed by atoms with Crippen LogP contribution in [0.5, 0.6) is 0 Å². The number of esters is 1. The van der Waals surface area contributed by atoms with Gasteiger partial charge in [-0.2, -0.15) is 0 Å². The van der Waals surface area contributed by atoms with Crippen LogP contribution >= 0.6 is 0 Å². The number of anilines is 1. The highest BCUT2D eigenvalue weighted by molar-refractivity contribution is 6.03. The van der Waals surface area contributed by atoms with E-state index in [4.69, 9.17) is 9.47 Å². The second-order valence-corrected chi connectivity index (χ2v) is 10.6. The second-order valence-electron chi connectivity index (χ2n) is 10.6. The zero-order valence-corrected chi connectivity index (χ0v) is 21.9. The van der Waals surface area contributed by atoms with E-state index >= 15 is 0 Å². The summed E-state index contributed by atoms with van der Waals surface area (Å²) in [7, 11) is 1.98. The highest BCUT2D eigenvalue weighted by Gasteiger charge is 2.38. The fraction of sp³-hybridized carbons (Fsp3) is 0.517. The zero-order chi connectivity index (χ0) is 25.5. The van der Waals surface area contributed by atoms with E-state index in [-0.39, 0.29) is 11.8 Å². The third-order valence-electron chi connectivity index (χ3n) is 6.71. The minimum absolute atomic E-state index is 0.0871. The SMILES string of the molecule is CN(CCCOC(=O)C(C)(C)C)C(C)(Cc1ccccc1)C(=O)c1ccc(N2CCOCC2)cc1. The molecule has 1 aliphatic rings. The van der Waals surface area contributed by atoms with Crippen molar-refractivity contribution in [2.24, 2.45) is 5.41 Å². The van der Waals surface area contributed by atoms with Crippen LogP contribution in [0.2, 0.25) is 0 Å². The molecule has 1 saturated heterocycles. The van der Waals surface area contributed by atoms with Gasteiger partial charge in [0.05, 0.1) is 30.8 Å². The van der Waals surface area contributed by atoms with Crippen molar-refractivity contribution >= 4 is 17.4 Å². The molecule has 2 aromatic carbocycles. The number of rotatable bonds is 10. The molecule has 6 heteroatoms. The Labute approximate surface area is 210 Å². The minimum Gasteiger partial charge on any atom is -0.465 e. The lowest BCUT2D eigenvalue weighted by Crippen LogP contribution is -2.52. The molecular weight excluding hydrogens is 440 g/mol. The van der Waals surface area contributed by atoms with Gasteiger partial charge in [-0.25, -0.2) is 0 Å². The van der Waals surface area contributed by atoms with Crippen LogP contribution in [0.4, 0.5) is 5.69 Å². The second kappa shape index (κ2) is 11.8. The summed E-state index contributed by atoms with van der Waals surface area (Å²) < 4.78 is 10.9. The van der Waals surface area contributed by atoms with Gasteiger partial charge in [0.1, 0.15) is 0 Å². The molecule has 6 nitrogen and oxygen atoms in total. The zero-order valence-electron chi connectivity index (χ0n) is 21.9. The highest BCUT2D eigenvalue weighted by atomic mass is 16.5. The van der Waals surface area contributed by atoms with Crippen molar-refractivity contribution in [1.29, 1.82) is 0 Å². The van der Waals surface area contributed by atoms with Crippen molar-refractivity contribution in [2.45, 2.75) is 46.1 Å². The predicted molar refractivity (Wildman–Crippen MR) is 140 cm³/mol. The quantitative estimate of drug-likeness (QED) is 0.281. The van der Waals surface area contributed by atoms with Crippen LogP contribution < -0.4 is 4.90 Å². The topological polar surface area (TPSA) is 59.1 Å². The summed E-state index contributed by atoms with van der Waals surface area (Å²) in [4.78, 5) is 30.4. The van der Waals surface area contributed by atoms with Gasteiger partial charge >= 0.3 is 5.97 Å². The predicted octanol–water partition coefficient (Wildman–Crippen LogP) is 4.62. The van der Waals surface area contributed by atoms with Crippen molar-refractivity contribution < 1.29 is 19.1 Å². The number of Topliss-reactive ketones (excluding diaryl/α,β-unsaturated/α-hetero) is 1. The molecule has 3 rings (SSSR count). The summed E-state index contributed by atoms with van der Waals surface area (Å²) in [5, 5.41) is 0. The lowest BCUT2D eigenvalue weighted by atomic mass is 9.83. The first-order valence-electron chi connectivity index (χ1n) is 12.5. The molecule has 35 heavy (non-hydrogen) atoms. The number of morpholine rings is 1. The normalized spacial score (nSPS) is 16.1. The Morgan fingerprint density at radius 2 is 1.60 bits per heavy atom. The lowest BCUT2D eigenvalue weighted by molar-refractivity contribution is -0.153. The van der Waals surface area contributed by atoms with Crippen molar-refractivity contribution in [1.82, 2.24) is 4.90 Å². The molecule has 0 radical (unpaired) electrons. The average Bonchev–Trinajstić information content (AvgIpc) is 2.86. The number of nitrogens with zero attached hydrogens (tertiary/aromatic N) is 2. The van der Waals surface area contributed by atoms with Gasteiger partial charge < -0.3 is 14.4 Å². The molecule has 0 bridgehead atoms. The molecule has 2 aromatic rings. The molecule has 1 aliphatic heterocycles. The molecule has 1 fully saturated rings. The third-order valence-corrected chi connectivity index (χ3v) is 6.71. The van der Waals surface area contributed by atoms with E-state index in [0.29, 0.717) is 31.6 Å². The Balaban J connectivity index is 1.73. The first-order valence-corrected chi connectivity index (χ1v) is 12.5. The summed E-state index contributed by atoms with van der Waals surface area (Å²) in [5.41, 5.74) is 1.67. The number of carbonyl (C=O) groups is 2. The molecule has 0 saturated carbocycles. The standard InChI is InChI=1S/C29H40N2O4/c1-28(2,3)27(33)35-19-9-16-30(5)29(4,22-23-10-7-6-8-11-23)26(32)24-12-14-25(15-13-24)31-17-20-34-21-18-31/h6-8,10-15H,9,16-22H2,1-5H3. The van der Waals surface area contributed by atoms with Crippen LogP contribution in [-0.2, 0) is 20.7 Å². The summed E-state index contributed by atoms with van der Waals surface area (Å²) in [5.74, 6) is -0.118. The molecule has 0 spiro atoms. The molecule has 0 N–H and O–H groups in total. The number of hydrogen-bond donors (Lipinski definition) is 0. The van der Waals surface area contributed by atoms with E-state index < -0.39 is 11.0 Å². The van der Waals surface area contributed by atoms with Gasteiger partial charge in [0, 0.05) is 30.9 Å². The minimum atomic E-state index is -0.740. The maximum Gasteiger partial charge on any atom is 0.311 e. The largest absolute Gasteiger partial charge is 0.465 e. The molecule has 0 aliphatic carbocycles. The molecular formula is C29H40N2O4. The van der Waals surface area contributed by atoms with Crippen molar-refractivity contribution in [3.05, 3.63) is 65.7 Å². The number of carbonyl (C=O) groups excluding carboxylic acids is 2. The first kappa shape index (κ1) is 26.9. The van der Waals surface area contributed by atoms with Crippen LogP contribution in [0, 0.1) is 5.41 Å². The van der Waals surface area contributed by atoms with Gasteiger partial charge in [-0.1, -0.05) is 30.3 Å². The van der Waals surface area contributed by atoms with Crippen LogP contribution in [0.1, 0.15) is 50.0 Å². The first-order chi connectivity index (χ1) is 16.6. The van der Waals surface area contributed by atoms with Crippen LogP contribution in [0.15, 0.2) is 54.6 Å². The van der Waals surface area contributed by atoms with Gasteiger partial charge in [-0.15, -0.1) is 0 Å². The highest BCUT2D eigenvalue weighted by Crippen LogP contribution is 2.27. The van der Waals surface area contributed by atoms with Gasteiger partial charge in [-0.05, 0) is 77.4 Å². The number of hydrogen-bond acceptors (Lipinski definition) is 6. The Kier molecular flexibility index (Phi) is 9.09. The monoisotopic (exact) mass is 480 g/mol. The molecule has 1 heterocycles. The Hall–Kier alpha value is -2.70. The van der Waals surface area contributed by atoms with Gasteiger partial charge in [0.25, 0.3) is 0 Å². The fourth-order valence-electron chi connectivity index (χ4n) is 4.27. The van der Waals surface area contributed by atoms with Crippen LogP contribution in [0.3, 0.4) is 0 Å². The molecule has 1 unspecified atom stereocenters. The van der Waals surface area contributed by atoms with E-state index in [1.165, 1.54) is 0 Å². The Bertz CT molecular complexity index is 962. The van der Waals surface area contributed by atoms with E-state index in [2.05, 4.69) is 21.9 Å².